The Hall–Kier alpha value is -1.37. The molecule has 0 bridgehead atoms. The summed E-state index contributed by atoms with van der Waals surface area (Å²) in [7, 11) is 0. The second kappa shape index (κ2) is 12.3. The van der Waals surface area contributed by atoms with Crippen molar-refractivity contribution >= 4 is 6.29 Å². The molecule has 12 heavy (non-hydrogen) atoms. The molecule has 0 aliphatic carbocycles. The van der Waals surface area contributed by atoms with E-state index in [4.69, 9.17) is 0 Å². The molecule has 0 N–H and O–H groups in total. The number of allylic oxidation sites excluding steroid dienone is 6. The second-order valence-electron chi connectivity index (χ2n) is 1.60. The highest BCUT2D eigenvalue weighted by Gasteiger charge is 1.78. The van der Waals surface area contributed by atoms with E-state index in [1.54, 1.807) is 24.3 Å². The van der Waals surface area contributed by atoms with E-state index in [9.17, 15) is 4.79 Å². The van der Waals surface area contributed by atoms with E-state index in [1.165, 1.54) is 6.08 Å². The lowest BCUT2D eigenvalue weighted by Crippen LogP contribution is -1.68. The Labute approximate surface area is 74.8 Å². The van der Waals surface area contributed by atoms with Crippen molar-refractivity contribution in [1.82, 2.24) is 0 Å². The maximum Gasteiger partial charge on any atom is 0.142 e. The van der Waals surface area contributed by atoms with Crippen LogP contribution in [0.5, 0.6) is 0 Å². The molecule has 0 amide bonds. The zero-order valence-electron chi connectivity index (χ0n) is 7.79. The second-order valence-corrected chi connectivity index (χ2v) is 1.60. The van der Waals surface area contributed by atoms with E-state index < -0.39 is 0 Å². The van der Waals surface area contributed by atoms with Crippen molar-refractivity contribution in [1.29, 1.82) is 0 Å². The van der Waals surface area contributed by atoms with Gasteiger partial charge < -0.3 is 0 Å². The number of aldehydes is 1. The molecule has 1 heteroatoms. The molecule has 0 atom stereocenters. The van der Waals surface area contributed by atoms with Crippen molar-refractivity contribution in [3.05, 3.63) is 49.1 Å². The quantitative estimate of drug-likeness (QED) is 0.354. The zero-order chi connectivity index (χ0) is 9.82. The zero-order valence-corrected chi connectivity index (χ0v) is 7.79. The van der Waals surface area contributed by atoms with Crippen LogP contribution in [-0.2, 0) is 4.79 Å². The minimum absolute atomic E-state index is 0.723. The lowest BCUT2D eigenvalue weighted by Gasteiger charge is -1.85. The van der Waals surface area contributed by atoms with Crippen LogP contribution in [0.3, 0.4) is 0 Å². The molecule has 0 aliphatic heterocycles. The highest BCUT2D eigenvalue weighted by Crippen LogP contribution is 1.96. The van der Waals surface area contributed by atoms with Gasteiger partial charge in [-0.3, -0.25) is 4.79 Å². The Kier molecular flexibility index (Phi) is 13.6. The SMILES string of the molecule is C=C/C=C(C=C)/C=C/C=O.CC. The summed E-state index contributed by atoms with van der Waals surface area (Å²) < 4.78 is 0. The van der Waals surface area contributed by atoms with Crippen molar-refractivity contribution in [2.24, 2.45) is 0 Å². The minimum atomic E-state index is 0.723. The van der Waals surface area contributed by atoms with Gasteiger partial charge in [0.2, 0.25) is 0 Å². The molecular weight excluding hydrogens is 148 g/mol. The first-order valence-electron chi connectivity index (χ1n) is 3.92. The van der Waals surface area contributed by atoms with Crippen LogP contribution in [0.25, 0.3) is 0 Å². The van der Waals surface area contributed by atoms with E-state index in [0.29, 0.717) is 0 Å². The van der Waals surface area contributed by atoms with Crippen molar-refractivity contribution in [3.63, 3.8) is 0 Å². The molecular formula is C11H16O. The summed E-state index contributed by atoms with van der Waals surface area (Å²) in [5, 5.41) is 0. The predicted molar refractivity (Wildman–Crippen MR) is 55.0 cm³/mol. The van der Waals surface area contributed by atoms with Gasteiger partial charge in [-0.2, -0.15) is 0 Å². The largest absolute Gasteiger partial charge is 0.299 e. The number of carbonyl (C=O) groups is 1. The average Bonchev–Trinajstić information content (AvgIpc) is 2.15. The molecule has 0 rings (SSSR count). The van der Waals surface area contributed by atoms with Crippen LogP contribution in [-0.4, -0.2) is 6.29 Å². The fraction of sp³-hybridized carbons (Fsp3) is 0.182. The summed E-state index contributed by atoms with van der Waals surface area (Å²) in [6.07, 6.45) is 8.87. The number of hydrogen-bond donors (Lipinski definition) is 0. The Morgan fingerprint density at radius 1 is 1.25 bits per heavy atom. The van der Waals surface area contributed by atoms with Gasteiger partial charge in [-0.05, 0) is 11.6 Å². The molecule has 0 radical (unpaired) electrons. The van der Waals surface area contributed by atoms with Gasteiger partial charge in [0.15, 0.2) is 0 Å². The molecule has 0 unspecified atom stereocenters. The molecule has 0 spiro atoms. The molecule has 0 heterocycles. The van der Waals surface area contributed by atoms with Gasteiger partial charge in [-0.25, -0.2) is 0 Å². The summed E-state index contributed by atoms with van der Waals surface area (Å²) >= 11 is 0. The third-order valence-corrected chi connectivity index (χ3v) is 0.913. The average molecular weight is 164 g/mol. The Balaban J connectivity index is 0. The summed E-state index contributed by atoms with van der Waals surface area (Å²) in [5.74, 6) is 0. The fourth-order valence-electron chi connectivity index (χ4n) is 0.478. The first kappa shape index (κ1) is 13.2. The molecule has 0 fully saturated rings. The topological polar surface area (TPSA) is 17.1 Å². The Morgan fingerprint density at radius 2 is 1.83 bits per heavy atom. The monoisotopic (exact) mass is 164 g/mol. The van der Waals surface area contributed by atoms with E-state index in [2.05, 4.69) is 13.2 Å². The van der Waals surface area contributed by atoms with Crippen molar-refractivity contribution < 1.29 is 4.79 Å². The normalized spacial score (nSPS) is 10.0. The van der Waals surface area contributed by atoms with Crippen LogP contribution in [0.2, 0.25) is 0 Å². The summed E-state index contributed by atoms with van der Waals surface area (Å²) in [6, 6.07) is 0. The molecule has 0 saturated carbocycles. The Bertz CT molecular complexity index is 185. The molecule has 1 nitrogen and oxygen atoms in total. The van der Waals surface area contributed by atoms with Gasteiger partial charge in [0.05, 0.1) is 0 Å². The van der Waals surface area contributed by atoms with Gasteiger partial charge >= 0.3 is 0 Å². The summed E-state index contributed by atoms with van der Waals surface area (Å²) in [5.41, 5.74) is 0.877. The molecule has 0 aromatic heterocycles. The summed E-state index contributed by atoms with van der Waals surface area (Å²) in [6.45, 7) is 11.1. The van der Waals surface area contributed by atoms with E-state index in [1.807, 2.05) is 13.8 Å². The maximum atomic E-state index is 9.86. The van der Waals surface area contributed by atoms with Crippen LogP contribution in [0.1, 0.15) is 13.8 Å². The standard InChI is InChI=1S/C9H10O.C2H6/c1-3-6-9(4-2)7-5-8-10;1-2/h3-8H,1-2H2;1-2H3/b7-5+,9-6+;. The summed E-state index contributed by atoms with van der Waals surface area (Å²) in [4.78, 5) is 9.86. The number of carbonyl (C=O) groups excluding carboxylic acids is 1. The van der Waals surface area contributed by atoms with E-state index >= 15 is 0 Å². The molecule has 0 saturated heterocycles. The van der Waals surface area contributed by atoms with Crippen LogP contribution in [0, 0.1) is 0 Å². The first-order valence-corrected chi connectivity index (χ1v) is 3.92. The maximum absolute atomic E-state index is 9.86. The molecule has 0 aliphatic rings. The molecule has 0 aromatic carbocycles. The third kappa shape index (κ3) is 8.63. The fourth-order valence-corrected chi connectivity index (χ4v) is 0.478. The molecule has 0 aromatic rings. The lowest BCUT2D eigenvalue weighted by atomic mass is 10.2. The van der Waals surface area contributed by atoms with Gasteiger partial charge in [0, 0.05) is 0 Å². The van der Waals surface area contributed by atoms with Crippen LogP contribution in [0.4, 0.5) is 0 Å². The van der Waals surface area contributed by atoms with Crippen molar-refractivity contribution in [2.45, 2.75) is 13.8 Å². The highest BCUT2D eigenvalue weighted by atomic mass is 16.1. The van der Waals surface area contributed by atoms with Gasteiger partial charge in [0.1, 0.15) is 6.29 Å². The van der Waals surface area contributed by atoms with Gasteiger partial charge in [-0.1, -0.05) is 51.3 Å². The van der Waals surface area contributed by atoms with Crippen molar-refractivity contribution in [3.8, 4) is 0 Å². The first-order chi connectivity index (χ1) is 5.85. The Morgan fingerprint density at radius 3 is 2.17 bits per heavy atom. The highest BCUT2D eigenvalue weighted by molar-refractivity contribution is 5.66. The third-order valence-electron chi connectivity index (χ3n) is 0.913. The van der Waals surface area contributed by atoms with E-state index in [-0.39, 0.29) is 0 Å². The smallest absolute Gasteiger partial charge is 0.142 e. The lowest BCUT2D eigenvalue weighted by molar-refractivity contribution is -0.104. The molecule has 66 valence electrons. The number of rotatable bonds is 4. The van der Waals surface area contributed by atoms with Crippen LogP contribution >= 0.6 is 0 Å². The van der Waals surface area contributed by atoms with Gasteiger partial charge in [0.25, 0.3) is 0 Å². The minimum Gasteiger partial charge on any atom is -0.299 e. The predicted octanol–water partition coefficient (Wildman–Crippen LogP) is 3.07. The number of hydrogen-bond acceptors (Lipinski definition) is 1. The van der Waals surface area contributed by atoms with Crippen molar-refractivity contribution in [2.75, 3.05) is 0 Å². The van der Waals surface area contributed by atoms with Gasteiger partial charge in [-0.15, -0.1) is 0 Å². The van der Waals surface area contributed by atoms with E-state index in [0.717, 1.165) is 11.9 Å². The van der Waals surface area contributed by atoms with Crippen LogP contribution in [0.15, 0.2) is 49.1 Å². The van der Waals surface area contributed by atoms with Crippen LogP contribution < -0.4 is 0 Å².